The van der Waals surface area contributed by atoms with E-state index in [1.807, 2.05) is 7.05 Å². The third kappa shape index (κ3) is 2.46. The van der Waals surface area contributed by atoms with Gasteiger partial charge >= 0.3 is 0 Å². The highest BCUT2D eigenvalue weighted by molar-refractivity contribution is 5.83. The van der Waals surface area contributed by atoms with Crippen LogP contribution in [0.5, 0.6) is 0 Å². The summed E-state index contributed by atoms with van der Waals surface area (Å²) in [6, 6.07) is 0. The first-order chi connectivity index (χ1) is 8.08. The number of anilines is 2. The van der Waals surface area contributed by atoms with Gasteiger partial charge in [-0.25, -0.2) is 4.98 Å². The fraction of sp³-hybridized carbons (Fsp3) is 0.545. The van der Waals surface area contributed by atoms with Crippen molar-refractivity contribution in [2.45, 2.75) is 20.3 Å². The van der Waals surface area contributed by atoms with Crippen molar-refractivity contribution in [1.29, 1.82) is 0 Å². The monoisotopic (exact) mass is 234 g/mol. The zero-order valence-corrected chi connectivity index (χ0v) is 10.4. The minimum atomic E-state index is 0.260. The van der Waals surface area contributed by atoms with Crippen LogP contribution in [0.4, 0.5) is 11.8 Å². The molecule has 6 heteroatoms. The standard InChI is InChI=1S/C11H18N6/c1-7(2)4-5-17(3)10-8-9(14-6-13-8)15-11(12)16-10/h6-7H,4-5H2,1-3H3,(H3,12,13,14,15,16). The zero-order chi connectivity index (χ0) is 12.4. The molecule has 0 spiro atoms. The molecule has 2 aromatic heterocycles. The number of aromatic amines is 1. The summed E-state index contributed by atoms with van der Waals surface area (Å²) in [4.78, 5) is 17.6. The number of hydrogen-bond acceptors (Lipinski definition) is 5. The van der Waals surface area contributed by atoms with Crippen LogP contribution in [-0.2, 0) is 0 Å². The molecule has 0 bridgehead atoms. The molecule has 0 aliphatic heterocycles. The second-order valence-electron chi connectivity index (χ2n) is 4.61. The predicted octanol–water partition coefficient (Wildman–Crippen LogP) is 1.42. The van der Waals surface area contributed by atoms with Crippen molar-refractivity contribution in [2.24, 2.45) is 5.92 Å². The van der Waals surface area contributed by atoms with Crippen LogP contribution in [-0.4, -0.2) is 33.5 Å². The van der Waals surface area contributed by atoms with Crippen LogP contribution in [0.1, 0.15) is 20.3 Å². The first-order valence-electron chi connectivity index (χ1n) is 5.75. The van der Waals surface area contributed by atoms with Crippen molar-refractivity contribution in [2.75, 3.05) is 24.2 Å². The third-order valence-electron chi connectivity index (χ3n) is 2.69. The lowest BCUT2D eigenvalue weighted by Gasteiger charge is -2.19. The smallest absolute Gasteiger partial charge is 0.224 e. The number of rotatable bonds is 4. The molecule has 0 radical (unpaired) electrons. The summed E-state index contributed by atoms with van der Waals surface area (Å²) in [5.74, 6) is 1.73. The second kappa shape index (κ2) is 4.57. The van der Waals surface area contributed by atoms with E-state index in [2.05, 4.69) is 38.7 Å². The molecule has 0 amide bonds. The first kappa shape index (κ1) is 11.6. The van der Waals surface area contributed by atoms with E-state index in [-0.39, 0.29) is 5.95 Å². The van der Waals surface area contributed by atoms with Crippen LogP contribution in [0.25, 0.3) is 11.2 Å². The van der Waals surface area contributed by atoms with Crippen molar-refractivity contribution >= 4 is 22.9 Å². The van der Waals surface area contributed by atoms with Gasteiger partial charge in [-0.05, 0) is 12.3 Å². The molecule has 6 nitrogen and oxygen atoms in total. The molecule has 17 heavy (non-hydrogen) atoms. The van der Waals surface area contributed by atoms with Gasteiger partial charge in [0, 0.05) is 13.6 Å². The molecule has 0 aromatic carbocycles. The largest absolute Gasteiger partial charge is 0.368 e. The lowest BCUT2D eigenvalue weighted by molar-refractivity contribution is 0.584. The van der Waals surface area contributed by atoms with Crippen LogP contribution >= 0.6 is 0 Å². The third-order valence-corrected chi connectivity index (χ3v) is 2.69. The molecule has 2 aromatic rings. The summed E-state index contributed by atoms with van der Waals surface area (Å²) in [7, 11) is 2.00. The Hall–Kier alpha value is -1.85. The number of H-pyrrole nitrogens is 1. The van der Waals surface area contributed by atoms with Gasteiger partial charge in [0.15, 0.2) is 11.5 Å². The van der Waals surface area contributed by atoms with Crippen molar-refractivity contribution in [1.82, 2.24) is 19.9 Å². The van der Waals surface area contributed by atoms with E-state index >= 15 is 0 Å². The maximum absolute atomic E-state index is 5.67. The number of imidazole rings is 1. The van der Waals surface area contributed by atoms with Gasteiger partial charge in [0.05, 0.1) is 6.33 Å². The Bertz CT molecular complexity index is 504. The van der Waals surface area contributed by atoms with Gasteiger partial charge in [0.2, 0.25) is 5.95 Å². The molecule has 92 valence electrons. The Morgan fingerprint density at radius 1 is 1.41 bits per heavy atom. The molecule has 0 fully saturated rings. The summed E-state index contributed by atoms with van der Waals surface area (Å²) in [5, 5.41) is 0. The fourth-order valence-electron chi connectivity index (χ4n) is 1.67. The summed E-state index contributed by atoms with van der Waals surface area (Å²) in [6.45, 7) is 5.34. The number of nitrogens with one attached hydrogen (secondary N) is 1. The van der Waals surface area contributed by atoms with Gasteiger partial charge in [0.25, 0.3) is 0 Å². The lowest BCUT2D eigenvalue weighted by atomic mass is 10.1. The highest BCUT2D eigenvalue weighted by Gasteiger charge is 2.12. The van der Waals surface area contributed by atoms with E-state index in [0.29, 0.717) is 11.6 Å². The number of nitrogen functional groups attached to an aromatic ring is 1. The molecule has 0 saturated heterocycles. The molecular weight excluding hydrogens is 216 g/mol. The van der Waals surface area contributed by atoms with E-state index in [1.54, 1.807) is 6.33 Å². The SMILES string of the molecule is CC(C)CCN(C)c1nc(N)nc2nc[nH]c12. The van der Waals surface area contributed by atoms with Gasteiger partial charge in [-0.2, -0.15) is 9.97 Å². The highest BCUT2D eigenvalue weighted by Crippen LogP contribution is 2.21. The minimum absolute atomic E-state index is 0.260. The zero-order valence-electron chi connectivity index (χ0n) is 10.4. The van der Waals surface area contributed by atoms with Crippen LogP contribution in [0.15, 0.2) is 6.33 Å². The van der Waals surface area contributed by atoms with E-state index < -0.39 is 0 Å². The molecule has 0 aliphatic carbocycles. The topological polar surface area (TPSA) is 83.7 Å². The van der Waals surface area contributed by atoms with Crippen LogP contribution < -0.4 is 10.6 Å². The Morgan fingerprint density at radius 3 is 2.88 bits per heavy atom. The van der Waals surface area contributed by atoms with Gasteiger partial charge in [-0.1, -0.05) is 13.8 Å². The van der Waals surface area contributed by atoms with Gasteiger partial charge in [-0.3, -0.25) is 0 Å². The summed E-state index contributed by atoms with van der Waals surface area (Å²) < 4.78 is 0. The van der Waals surface area contributed by atoms with E-state index in [9.17, 15) is 0 Å². The number of fused-ring (bicyclic) bond motifs is 1. The quantitative estimate of drug-likeness (QED) is 0.835. The van der Waals surface area contributed by atoms with Crippen molar-refractivity contribution < 1.29 is 0 Å². The average Bonchev–Trinajstić information content (AvgIpc) is 2.72. The lowest BCUT2D eigenvalue weighted by Crippen LogP contribution is -2.22. The maximum Gasteiger partial charge on any atom is 0.224 e. The molecule has 0 atom stereocenters. The fourth-order valence-corrected chi connectivity index (χ4v) is 1.67. The molecule has 2 rings (SSSR count). The van der Waals surface area contributed by atoms with Gasteiger partial charge in [0.1, 0.15) is 5.52 Å². The predicted molar refractivity (Wildman–Crippen MR) is 68.8 cm³/mol. The molecule has 0 aliphatic rings. The Balaban J connectivity index is 2.30. The van der Waals surface area contributed by atoms with Crippen LogP contribution in [0.2, 0.25) is 0 Å². The summed E-state index contributed by atoms with van der Waals surface area (Å²) in [5.41, 5.74) is 7.13. The van der Waals surface area contributed by atoms with Crippen LogP contribution in [0.3, 0.4) is 0 Å². The first-order valence-corrected chi connectivity index (χ1v) is 5.75. The van der Waals surface area contributed by atoms with Crippen molar-refractivity contribution in [3.8, 4) is 0 Å². The Labute approximate surface area is 100 Å². The van der Waals surface area contributed by atoms with E-state index in [0.717, 1.165) is 24.3 Å². The maximum atomic E-state index is 5.67. The molecule has 0 saturated carbocycles. The van der Waals surface area contributed by atoms with Gasteiger partial charge in [-0.15, -0.1) is 0 Å². The van der Waals surface area contributed by atoms with Crippen molar-refractivity contribution in [3.05, 3.63) is 6.33 Å². The Kier molecular flexibility index (Phi) is 3.12. The minimum Gasteiger partial charge on any atom is -0.368 e. The molecule has 0 unspecified atom stereocenters. The summed E-state index contributed by atoms with van der Waals surface area (Å²) >= 11 is 0. The molecular formula is C11H18N6. The average molecular weight is 234 g/mol. The molecule has 3 N–H and O–H groups in total. The highest BCUT2D eigenvalue weighted by atomic mass is 15.2. The molecule has 2 heterocycles. The van der Waals surface area contributed by atoms with E-state index in [1.165, 1.54) is 0 Å². The van der Waals surface area contributed by atoms with Crippen molar-refractivity contribution in [3.63, 3.8) is 0 Å². The Morgan fingerprint density at radius 2 is 2.18 bits per heavy atom. The second-order valence-corrected chi connectivity index (χ2v) is 4.61. The van der Waals surface area contributed by atoms with E-state index in [4.69, 9.17) is 5.73 Å². The van der Waals surface area contributed by atoms with Gasteiger partial charge < -0.3 is 15.6 Å². The summed E-state index contributed by atoms with van der Waals surface area (Å²) in [6.07, 6.45) is 2.72. The number of nitrogens with zero attached hydrogens (tertiary/aromatic N) is 4. The number of aromatic nitrogens is 4. The number of hydrogen-bond donors (Lipinski definition) is 2. The van der Waals surface area contributed by atoms with Crippen LogP contribution in [0, 0.1) is 5.92 Å². The number of nitrogens with two attached hydrogens (primary N) is 1. The normalized spacial score (nSPS) is 11.3.